The van der Waals surface area contributed by atoms with Crippen LogP contribution in [-0.4, -0.2) is 53.6 Å². The number of aromatic amines is 1. The minimum Gasteiger partial charge on any atom is -0.457 e. The maximum Gasteiger partial charge on any atom is 0.407 e. The Morgan fingerprint density at radius 3 is 2.60 bits per heavy atom. The van der Waals surface area contributed by atoms with Crippen LogP contribution in [0.15, 0.2) is 64.3 Å². The highest BCUT2D eigenvalue weighted by Gasteiger charge is 2.49. The third-order valence-electron chi connectivity index (χ3n) is 5.67. The number of hydrogen-bond acceptors (Lipinski definition) is 8. The molecule has 2 heterocycles. The fraction of sp³-hybridized carbons (Fsp3) is 0.333. The molecule has 1 fully saturated rings. The van der Waals surface area contributed by atoms with Gasteiger partial charge in [-0.25, -0.2) is 9.59 Å². The zero-order valence-electron chi connectivity index (χ0n) is 19.1. The molecule has 2 aromatic carbocycles. The van der Waals surface area contributed by atoms with E-state index in [4.69, 9.17) is 18.9 Å². The highest BCUT2D eigenvalue weighted by atomic mass is 16.6. The van der Waals surface area contributed by atoms with Crippen LogP contribution in [-0.2, 0) is 30.3 Å². The summed E-state index contributed by atoms with van der Waals surface area (Å²) < 4.78 is 23.2. The van der Waals surface area contributed by atoms with Gasteiger partial charge >= 0.3 is 17.8 Å². The Hall–Kier alpha value is -3.96. The number of hydrogen-bond donors (Lipinski definition) is 2. The van der Waals surface area contributed by atoms with Gasteiger partial charge in [-0.3, -0.25) is 19.1 Å². The molecule has 0 radical (unpaired) electrons. The number of esters is 1. The molecular weight excluding hydrogens is 458 g/mol. The van der Waals surface area contributed by atoms with Crippen molar-refractivity contribution in [3.8, 4) is 0 Å². The molecule has 11 nitrogen and oxygen atoms in total. The lowest BCUT2D eigenvalue weighted by Gasteiger charge is -2.22. The molecule has 0 spiro atoms. The van der Waals surface area contributed by atoms with Crippen LogP contribution in [0.5, 0.6) is 0 Å². The van der Waals surface area contributed by atoms with Crippen molar-refractivity contribution in [1.82, 2.24) is 14.9 Å². The molecule has 184 valence electrons. The SMILES string of the molecule is CO[C@@H]1[C@H](OC(C)=O)[C@@H](COC(=O)NCc2cccc3ccccc23)O[C@H]1n1ccc(=O)[nH]c1=O. The largest absolute Gasteiger partial charge is 0.457 e. The molecule has 1 amide bonds. The van der Waals surface area contributed by atoms with Crippen molar-refractivity contribution in [2.75, 3.05) is 13.7 Å². The van der Waals surface area contributed by atoms with E-state index in [9.17, 15) is 19.2 Å². The maximum atomic E-state index is 12.4. The second-order valence-corrected chi connectivity index (χ2v) is 7.95. The molecule has 1 aliphatic heterocycles. The minimum absolute atomic E-state index is 0.245. The Labute approximate surface area is 199 Å². The van der Waals surface area contributed by atoms with E-state index in [1.807, 2.05) is 42.5 Å². The lowest BCUT2D eigenvalue weighted by atomic mass is 10.0. The number of fused-ring (bicyclic) bond motifs is 1. The highest BCUT2D eigenvalue weighted by molar-refractivity contribution is 5.85. The summed E-state index contributed by atoms with van der Waals surface area (Å²) in [6.07, 6.45) is -3.25. The quantitative estimate of drug-likeness (QED) is 0.482. The molecule has 0 saturated carbocycles. The van der Waals surface area contributed by atoms with E-state index in [1.54, 1.807) is 0 Å². The second kappa shape index (κ2) is 10.5. The summed E-state index contributed by atoms with van der Waals surface area (Å²) in [5.74, 6) is -0.597. The number of aromatic nitrogens is 2. The van der Waals surface area contributed by atoms with Crippen LogP contribution in [0.1, 0.15) is 18.7 Å². The van der Waals surface area contributed by atoms with E-state index >= 15 is 0 Å². The lowest BCUT2D eigenvalue weighted by Crippen LogP contribution is -2.41. The predicted molar refractivity (Wildman–Crippen MR) is 124 cm³/mol. The van der Waals surface area contributed by atoms with Gasteiger partial charge < -0.3 is 24.3 Å². The first-order valence-electron chi connectivity index (χ1n) is 10.9. The Morgan fingerprint density at radius 2 is 1.86 bits per heavy atom. The first-order valence-corrected chi connectivity index (χ1v) is 10.9. The zero-order valence-corrected chi connectivity index (χ0v) is 19.1. The Morgan fingerprint density at radius 1 is 1.09 bits per heavy atom. The number of ether oxygens (including phenoxy) is 4. The summed E-state index contributed by atoms with van der Waals surface area (Å²) in [5.41, 5.74) is -0.370. The molecule has 1 aliphatic rings. The molecular formula is C24H25N3O8. The van der Waals surface area contributed by atoms with Gasteiger partial charge in [-0.05, 0) is 16.3 Å². The fourth-order valence-corrected chi connectivity index (χ4v) is 4.10. The molecule has 4 atom stereocenters. The van der Waals surface area contributed by atoms with Gasteiger partial charge in [0.2, 0.25) is 0 Å². The standard InChI is InChI=1S/C24H25N3O8/c1-14(28)34-20-18(35-22(21(20)32-2)27-11-10-19(29)26-23(27)30)13-33-24(31)25-12-16-8-5-7-15-6-3-4-9-17(15)16/h3-11,18,20-22H,12-13H2,1-2H3,(H,25,31)(H,26,29,30)/t18-,20-,21-,22-/m1/s1. The van der Waals surface area contributed by atoms with Crippen molar-refractivity contribution in [1.29, 1.82) is 0 Å². The van der Waals surface area contributed by atoms with Gasteiger partial charge in [0, 0.05) is 32.8 Å². The number of carbonyl (C=O) groups is 2. The summed E-state index contributed by atoms with van der Waals surface area (Å²) in [5, 5.41) is 4.77. The molecule has 11 heteroatoms. The molecule has 0 aliphatic carbocycles. The molecule has 3 aromatic rings. The molecule has 0 unspecified atom stereocenters. The van der Waals surface area contributed by atoms with Crippen molar-refractivity contribution in [2.24, 2.45) is 0 Å². The molecule has 0 bridgehead atoms. The van der Waals surface area contributed by atoms with E-state index in [0.717, 1.165) is 27.0 Å². The number of rotatable bonds is 7. The van der Waals surface area contributed by atoms with Crippen LogP contribution < -0.4 is 16.6 Å². The topological polar surface area (TPSA) is 138 Å². The lowest BCUT2D eigenvalue weighted by molar-refractivity contribution is -0.154. The van der Waals surface area contributed by atoms with Crippen LogP contribution in [0.25, 0.3) is 10.8 Å². The van der Waals surface area contributed by atoms with Crippen LogP contribution in [0, 0.1) is 0 Å². The first-order chi connectivity index (χ1) is 16.9. The summed E-state index contributed by atoms with van der Waals surface area (Å²) >= 11 is 0. The van der Waals surface area contributed by atoms with E-state index in [1.165, 1.54) is 20.2 Å². The van der Waals surface area contributed by atoms with Crippen LogP contribution in [0.3, 0.4) is 0 Å². The number of H-pyrrole nitrogens is 1. The first kappa shape index (κ1) is 24.2. The van der Waals surface area contributed by atoms with Gasteiger partial charge in [-0.15, -0.1) is 0 Å². The average molecular weight is 483 g/mol. The van der Waals surface area contributed by atoms with Crippen molar-refractivity contribution >= 4 is 22.8 Å². The van der Waals surface area contributed by atoms with E-state index in [0.29, 0.717) is 0 Å². The third kappa shape index (κ3) is 5.42. The molecule has 35 heavy (non-hydrogen) atoms. The Bertz CT molecular complexity index is 1330. The maximum absolute atomic E-state index is 12.4. The number of carbonyl (C=O) groups excluding carboxylic acids is 2. The molecule has 1 aromatic heterocycles. The number of amides is 1. The van der Waals surface area contributed by atoms with Crippen molar-refractivity contribution in [3.63, 3.8) is 0 Å². The summed E-state index contributed by atoms with van der Waals surface area (Å²) in [4.78, 5) is 49.9. The highest BCUT2D eigenvalue weighted by Crippen LogP contribution is 2.33. The van der Waals surface area contributed by atoms with Gasteiger partial charge in [0.1, 0.15) is 18.8 Å². The normalized spacial score (nSPS) is 21.5. The Balaban J connectivity index is 1.44. The van der Waals surface area contributed by atoms with Crippen LogP contribution in [0.2, 0.25) is 0 Å². The van der Waals surface area contributed by atoms with E-state index in [2.05, 4.69) is 10.3 Å². The molecule has 1 saturated heterocycles. The number of nitrogens with one attached hydrogen (secondary N) is 2. The number of alkyl carbamates (subject to hydrolysis) is 1. The summed E-state index contributed by atoms with van der Waals surface area (Å²) in [6.45, 7) is 1.20. The van der Waals surface area contributed by atoms with Gasteiger partial charge in [-0.1, -0.05) is 42.5 Å². The minimum atomic E-state index is -1.03. The van der Waals surface area contributed by atoms with Gasteiger partial charge in [0.25, 0.3) is 5.56 Å². The van der Waals surface area contributed by atoms with Gasteiger partial charge in [0.15, 0.2) is 12.3 Å². The fourth-order valence-electron chi connectivity index (χ4n) is 4.10. The average Bonchev–Trinajstić information content (AvgIpc) is 3.17. The smallest absolute Gasteiger partial charge is 0.407 e. The monoisotopic (exact) mass is 483 g/mol. The molecule has 2 N–H and O–H groups in total. The summed E-state index contributed by atoms with van der Waals surface area (Å²) in [7, 11) is 1.37. The Kier molecular flexibility index (Phi) is 7.28. The summed E-state index contributed by atoms with van der Waals surface area (Å²) in [6, 6.07) is 14.8. The zero-order chi connectivity index (χ0) is 24.9. The predicted octanol–water partition coefficient (Wildman–Crippen LogP) is 1.46. The second-order valence-electron chi connectivity index (χ2n) is 7.95. The van der Waals surface area contributed by atoms with Gasteiger partial charge in [0.05, 0.1) is 0 Å². The van der Waals surface area contributed by atoms with E-state index < -0.39 is 47.9 Å². The molecule has 4 rings (SSSR count). The third-order valence-corrected chi connectivity index (χ3v) is 5.67. The van der Waals surface area contributed by atoms with Crippen molar-refractivity contribution in [2.45, 2.75) is 38.0 Å². The van der Waals surface area contributed by atoms with Crippen LogP contribution in [0.4, 0.5) is 4.79 Å². The number of benzene rings is 2. The van der Waals surface area contributed by atoms with Crippen molar-refractivity contribution < 1.29 is 28.5 Å². The number of nitrogens with zero attached hydrogens (tertiary/aromatic N) is 1. The van der Waals surface area contributed by atoms with Crippen LogP contribution >= 0.6 is 0 Å². The number of methoxy groups -OCH3 is 1. The van der Waals surface area contributed by atoms with Crippen molar-refractivity contribution in [3.05, 3.63) is 81.1 Å². The van der Waals surface area contributed by atoms with Gasteiger partial charge in [-0.2, -0.15) is 0 Å². The van der Waals surface area contributed by atoms with E-state index in [-0.39, 0.29) is 13.2 Å².